The number of rotatable bonds is 3. The van der Waals surface area contributed by atoms with E-state index in [1.54, 1.807) is 0 Å². The molecule has 1 N–H and O–H groups in total. The third-order valence-electron chi connectivity index (χ3n) is 4.45. The lowest BCUT2D eigenvalue weighted by molar-refractivity contribution is -0.384. The molecule has 3 rings (SSSR count). The van der Waals surface area contributed by atoms with Crippen molar-refractivity contribution in [3.63, 3.8) is 0 Å². The van der Waals surface area contributed by atoms with E-state index in [0.717, 1.165) is 12.3 Å². The molecule has 0 spiro atoms. The van der Waals surface area contributed by atoms with E-state index in [0.29, 0.717) is 37.7 Å². The Morgan fingerprint density at radius 3 is 2.36 bits per heavy atom. The smallest absolute Gasteiger partial charge is 0.363 e. The third kappa shape index (κ3) is 3.94. The summed E-state index contributed by atoms with van der Waals surface area (Å²) >= 11 is 6.02. The summed E-state index contributed by atoms with van der Waals surface area (Å²) in [5.41, 5.74) is -0.244. The molecule has 0 bridgehead atoms. The first-order chi connectivity index (χ1) is 13.2. The summed E-state index contributed by atoms with van der Waals surface area (Å²) in [5, 5.41) is 20.1. The van der Waals surface area contributed by atoms with Crippen LogP contribution in [0.4, 0.5) is 30.4 Å². The van der Waals surface area contributed by atoms with Crippen LogP contribution in [0.3, 0.4) is 0 Å². The fraction of sp³-hybridized carbons (Fsp3) is 0.294. The van der Waals surface area contributed by atoms with Gasteiger partial charge in [0.2, 0.25) is 0 Å². The molecule has 0 aliphatic carbocycles. The summed E-state index contributed by atoms with van der Waals surface area (Å²) < 4.78 is 38.3. The number of non-ortho nitro benzene ring substituents is 1. The van der Waals surface area contributed by atoms with E-state index in [-0.39, 0.29) is 16.3 Å². The number of nitrogens with one attached hydrogen (secondary N) is 1. The predicted octanol–water partition coefficient (Wildman–Crippen LogP) is 3.28. The molecule has 0 atom stereocenters. The molecule has 146 valence electrons. The lowest BCUT2D eigenvalue weighted by Crippen LogP contribution is -2.48. The summed E-state index contributed by atoms with van der Waals surface area (Å²) in [6.07, 6.45) is -3.61. The van der Waals surface area contributed by atoms with Gasteiger partial charge in [0, 0.05) is 12.1 Å². The van der Waals surface area contributed by atoms with Crippen LogP contribution in [0.15, 0.2) is 30.5 Å². The average Bonchev–Trinajstić information content (AvgIpc) is 2.67. The van der Waals surface area contributed by atoms with Gasteiger partial charge in [-0.1, -0.05) is 11.6 Å². The number of H-pyrrole nitrogens is 1. The quantitative estimate of drug-likeness (QED) is 0.570. The molecule has 1 aromatic heterocycles. The summed E-state index contributed by atoms with van der Waals surface area (Å²) in [7, 11) is 0. The Balaban J connectivity index is 1.75. The van der Waals surface area contributed by atoms with Gasteiger partial charge in [-0.25, -0.2) is 4.98 Å². The Kier molecular flexibility index (Phi) is 5.29. The molecular weight excluding hydrogens is 399 g/mol. The van der Waals surface area contributed by atoms with Gasteiger partial charge in [-0.3, -0.25) is 15.0 Å². The van der Waals surface area contributed by atoms with Crippen LogP contribution in [0.5, 0.6) is 0 Å². The number of anilines is 2. The second kappa shape index (κ2) is 7.52. The molecule has 0 amide bonds. The molecule has 0 saturated carbocycles. The van der Waals surface area contributed by atoms with Gasteiger partial charge in [-0.2, -0.15) is 18.4 Å². The number of hydrogen-bond acceptors (Lipinski definition) is 5. The molecule has 2 heterocycles. The van der Waals surface area contributed by atoms with Crippen molar-refractivity contribution in [2.45, 2.75) is 6.18 Å². The molecule has 7 nitrogen and oxygen atoms in total. The number of nitro groups is 1. The zero-order valence-electron chi connectivity index (χ0n) is 14.3. The van der Waals surface area contributed by atoms with Gasteiger partial charge in [0.1, 0.15) is 30.4 Å². The molecule has 28 heavy (non-hydrogen) atoms. The number of aromatic amines is 1. The number of alkyl halides is 3. The molecule has 1 aromatic carbocycles. The zero-order chi connectivity index (χ0) is 20.5. The monoisotopic (exact) mass is 412 g/mol. The molecular formula is C17H14ClF3N5O2+. The van der Waals surface area contributed by atoms with E-state index in [4.69, 9.17) is 11.6 Å². The highest BCUT2D eigenvalue weighted by Crippen LogP contribution is 2.33. The Bertz CT molecular complexity index is 953. The van der Waals surface area contributed by atoms with E-state index >= 15 is 0 Å². The molecule has 1 fully saturated rings. The van der Waals surface area contributed by atoms with Crippen LogP contribution in [0, 0.1) is 21.4 Å². The van der Waals surface area contributed by atoms with Crippen LogP contribution in [-0.2, 0) is 6.18 Å². The first kappa shape index (κ1) is 19.7. The van der Waals surface area contributed by atoms with Crippen LogP contribution in [0.25, 0.3) is 0 Å². The summed E-state index contributed by atoms with van der Waals surface area (Å²) in [6.45, 7) is 1.84. The van der Waals surface area contributed by atoms with Crippen molar-refractivity contribution < 1.29 is 23.1 Å². The van der Waals surface area contributed by atoms with Crippen LogP contribution in [0.2, 0.25) is 5.02 Å². The number of halogens is 4. The minimum atomic E-state index is -4.49. The number of benzene rings is 1. The predicted molar refractivity (Wildman–Crippen MR) is 95.2 cm³/mol. The van der Waals surface area contributed by atoms with Gasteiger partial charge in [0.05, 0.1) is 34.8 Å². The van der Waals surface area contributed by atoms with Gasteiger partial charge in [-0.05, 0) is 12.1 Å². The van der Waals surface area contributed by atoms with Crippen molar-refractivity contribution in [2.24, 2.45) is 0 Å². The SMILES string of the molecule is N#Cc1cc([N+](=O)[O-])ccc1N1CCN(c2[nH+]cc(C(F)(F)F)cc2Cl)CC1. The second-order valence-electron chi connectivity index (χ2n) is 6.13. The first-order valence-electron chi connectivity index (χ1n) is 8.17. The largest absolute Gasteiger partial charge is 0.419 e. The highest BCUT2D eigenvalue weighted by atomic mass is 35.5. The second-order valence-corrected chi connectivity index (χ2v) is 6.53. The van der Waals surface area contributed by atoms with Gasteiger partial charge in [0.15, 0.2) is 0 Å². The zero-order valence-corrected chi connectivity index (χ0v) is 15.1. The maximum Gasteiger partial charge on any atom is 0.419 e. The fourth-order valence-corrected chi connectivity index (χ4v) is 3.33. The van der Waals surface area contributed by atoms with Crippen LogP contribution in [0.1, 0.15) is 11.1 Å². The third-order valence-corrected chi connectivity index (χ3v) is 4.74. The maximum absolute atomic E-state index is 12.8. The van der Waals surface area contributed by atoms with E-state index in [2.05, 4.69) is 4.98 Å². The minimum absolute atomic E-state index is 0.0312. The van der Waals surface area contributed by atoms with Crippen molar-refractivity contribution in [3.8, 4) is 6.07 Å². The topological polar surface area (TPSA) is 87.5 Å². The maximum atomic E-state index is 12.8. The van der Waals surface area contributed by atoms with E-state index in [1.165, 1.54) is 18.2 Å². The summed E-state index contributed by atoms with van der Waals surface area (Å²) in [4.78, 5) is 16.6. The molecule has 2 aromatic rings. The van der Waals surface area contributed by atoms with Crippen LogP contribution in [-0.4, -0.2) is 31.1 Å². The Labute approximate surface area is 162 Å². The number of pyridine rings is 1. The fourth-order valence-electron chi connectivity index (χ4n) is 3.04. The lowest BCUT2D eigenvalue weighted by atomic mass is 10.1. The Hall–Kier alpha value is -3.06. The van der Waals surface area contributed by atoms with Crippen molar-refractivity contribution in [3.05, 3.63) is 56.7 Å². The normalized spacial score (nSPS) is 14.7. The van der Waals surface area contributed by atoms with Crippen molar-refractivity contribution in [1.82, 2.24) is 0 Å². The lowest BCUT2D eigenvalue weighted by Gasteiger charge is -2.33. The Morgan fingerprint density at radius 1 is 1.18 bits per heavy atom. The van der Waals surface area contributed by atoms with Crippen molar-refractivity contribution in [2.75, 3.05) is 36.0 Å². The van der Waals surface area contributed by atoms with Gasteiger partial charge >= 0.3 is 6.18 Å². The van der Waals surface area contributed by atoms with E-state index < -0.39 is 16.7 Å². The van der Waals surface area contributed by atoms with Crippen LogP contribution < -0.4 is 14.8 Å². The van der Waals surface area contributed by atoms with Crippen LogP contribution >= 0.6 is 11.6 Å². The summed E-state index contributed by atoms with van der Waals surface area (Å²) in [5.74, 6) is 0.388. The Morgan fingerprint density at radius 2 is 1.82 bits per heavy atom. The molecule has 0 unspecified atom stereocenters. The highest BCUT2D eigenvalue weighted by molar-refractivity contribution is 6.32. The number of nitrogens with zero attached hydrogens (tertiary/aromatic N) is 4. The number of nitriles is 1. The number of nitro benzene ring substituents is 1. The molecule has 1 saturated heterocycles. The van der Waals surface area contributed by atoms with E-state index in [1.807, 2.05) is 15.9 Å². The average molecular weight is 413 g/mol. The number of piperazine rings is 1. The molecule has 0 radical (unpaired) electrons. The van der Waals surface area contributed by atoms with Crippen molar-refractivity contribution in [1.29, 1.82) is 5.26 Å². The standard InChI is InChI=1S/C17H13ClF3N5O2/c18-14-8-12(17(19,20)21)10-23-16(14)25-5-3-24(4-6-25)15-2-1-13(26(27)28)7-11(15)9-22/h1-2,7-8,10H,3-6H2/p+1. The highest BCUT2D eigenvalue weighted by Gasteiger charge is 2.34. The first-order valence-corrected chi connectivity index (χ1v) is 8.55. The number of hydrogen-bond donors (Lipinski definition) is 0. The van der Waals surface area contributed by atoms with Gasteiger partial charge < -0.3 is 4.90 Å². The number of aromatic nitrogens is 1. The molecule has 1 aliphatic heterocycles. The van der Waals surface area contributed by atoms with Gasteiger partial charge in [-0.15, -0.1) is 0 Å². The van der Waals surface area contributed by atoms with E-state index in [9.17, 15) is 28.5 Å². The van der Waals surface area contributed by atoms with Crippen molar-refractivity contribution >= 4 is 28.8 Å². The molecule has 1 aliphatic rings. The summed E-state index contributed by atoms with van der Waals surface area (Å²) in [6, 6.07) is 6.94. The molecule has 11 heteroatoms. The van der Waals surface area contributed by atoms with Gasteiger partial charge in [0.25, 0.3) is 11.5 Å². The minimum Gasteiger partial charge on any atom is -0.363 e.